The number of carboxylic acid groups (broad SMARTS) is 1. The van der Waals surface area contributed by atoms with Gasteiger partial charge in [-0.25, -0.2) is 5.10 Å². The number of anilines is 1. The fourth-order valence-corrected chi connectivity index (χ4v) is 2.28. The van der Waals surface area contributed by atoms with Crippen LogP contribution in [-0.2, 0) is 9.59 Å². The van der Waals surface area contributed by atoms with Crippen LogP contribution in [0.15, 0.2) is 0 Å². The lowest BCUT2D eigenvalue weighted by molar-refractivity contribution is -0.140. The van der Waals surface area contributed by atoms with Crippen LogP contribution in [0.4, 0.5) is 5.95 Å². The molecule has 1 saturated carbocycles. The van der Waals surface area contributed by atoms with E-state index in [0.717, 1.165) is 0 Å². The number of carbonyl (C=O) groups is 2. The maximum Gasteiger partial charge on any atom is 0.337 e. The van der Waals surface area contributed by atoms with E-state index in [1.807, 2.05) is 0 Å². The molecule has 0 radical (unpaired) electrons. The lowest BCUT2D eigenvalue weighted by Gasteiger charge is -2.01. The summed E-state index contributed by atoms with van der Waals surface area (Å²) in [7, 11) is 0. The Bertz CT molecular complexity index is 511. The number of aliphatic carboxylic acids is 1. The smallest absolute Gasteiger partial charge is 0.337 e. The summed E-state index contributed by atoms with van der Waals surface area (Å²) in [4.78, 5) is 26.9. The summed E-state index contributed by atoms with van der Waals surface area (Å²) < 4.78 is 5.05. The summed E-state index contributed by atoms with van der Waals surface area (Å²) in [6.07, 6.45) is 0. The van der Waals surface area contributed by atoms with Gasteiger partial charge in [-0.3, -0.25) is 14.9 Å². The van der Waals surface area contributed by atoms with E-state index in [1.165, 1.54) is 0 Å². The van der Waals surface area contributed by atoms with E-state index in [1.54, 1.807) is 20.8 Å². The Kier molecular flexibility index (Phi) is 3.17. The number of amides is 1. The summed E-state index contributed by atoms with van der Waals surface area (Å²) in [5.74, 6) is -2.41. The van der Waals surface area contributed by atoms with Crippen molar-refractivity contribution in [1.29, 1.82) is 0 Å². The molecule has 2 atom stereocenters. The van der Waals surface area contributed by atoms with E-state index in [0.29, 0.717) is 6.61 Å². The minimum Gasteiger partial charge on any atom is -0.481 e. The molecule has 1 amide bonds. The average Bonchev–Trinajstić information content (AvgIpc) is 2.65. The molecule has 1 aliphatic carbocycles. The minimum atomic E-state index is -0.960. The van der Waals surface area contributed by atoms with Crippen LogP contribution in [0, 0.1) is 17.3 Å². The molecule has 1 aromatic heterocycles. The van der Waals surface area contributed by atoms with Gasteiger partial charge in [-0.2, -0.15) is 4.98 Å². The fourth-order valence-electron chi connectivity index (χ4n) is 2.28. The van der Waals surface area contributed by atoms with Crippen LogP contribution in [0.1, 0.15) is 20.8 Å². The molecule has 19 heavy (non-hydrogen) atoms. The molecular formula is C11H16N4O4. The highest BCUT2D eigenvalue weighted by Gasteiger charge is 2.66. The molecule has 0 spiro atoms. The molecule has 1 aromatic rings. The Labute approximate surface area is 109 Å². The highest BCUT2D eigenvalue weighted by Crippen LogP contribution is 2.58. The van der Waals surface area contributed by atoms with Gasteiger partial charge < -0.3 is 9.84 Å². The third-order valence-corrected chi connectivity index (χ3v) is 3.36. The Morgan fingerprint density at radius 1 is 1.47 bits per heavy atom. The Morgan fingerprint density at radius 3 is 2.68 bits per heavy atom. The van der Waals surface area contributed by atoms with E-state index < -0.39 is 23.2 Å². The number of aromatic nitrogens is 3. The van der Waals surface area contributed by atoms with Crippen LogP contribution in [0.5, 0.6) is 6.01 Å². The molecule has 8 nitrogen and oxygen atoms in total. The Hall–Kier alpha value is -2.12. The molecule has 2 rings (SSSR count). The number of H-pyrrole nitrogens is 1. The SMILES string of the molecule is CCOc1n[nH]c(NC(=O)C2C(C(=O)O)C2(C)C)n1. The molecule has 3 N–H and O–H groups in total. The Balaban J connectivity index is 2.00. The van der Waals surface area contributed by atoms with Crippen LogP contribution in [0.25, 0.3) is 0 Å². The van der Waals surface area contributed by atoms with Crippen molar-refractivity contribution >= 4 is 17.8 Å². The van der Waals surface area contributed by atoms with E-state index in [-0.39, 0.29) is 17.9 Å². The van der Waals surface area contributed by atoms with Gasteiger partial charge in [0.05, 0.1) is 18.4 Å². The van der Waals surface area contributed by atoms with E-state index in [2.05, 4.69) is 20.5 Å². The predicted molar refractivity (Wildman–Crippen MR) is 64.6 cm³/mol. The van der Waals surface area contributed by atoms with E-state index in [4.69, 9.17) is 9.84 Å². The van der Waals surface area contributed by atoms with Gasteiger partial charge in [-0.05, 0) is 12.3 Å². The van der Waals surface area contributed by atoms with Gasteiger partial charge in [0.2, 0.25) is 11.9 Å². The molecule has 0 bridgehead atoms. The van der Waals surface area contributed by atoms with Crippen molar-refractivity contribution in [2.24, 2.45) is 17.3 Å². The van der Waals surface area contributed by atoms with Crippen LogP contribution in [0.2, 0.25) is 0 Å². The summed E-state index contributed by atoms with van der Waals surface area (Å²) in [5, 5.41) is 17.8. The number of carbonyl (C=O) groups excluding carboxylic acids is 1. The summed E-state index contributed by atoms with van der Waals surface area (Å²) >= 11 is 0. The largest absolute Gasteiger partial charge is 0.481 e. The normalized spacial score (nSPS) is 23.7. The molecule has 0 aromatic carbocycles. The highest BCUT2D eigenvalue weighted by atomic mass is 16.5. The summed E-state index contributed by atoms with van der Waals surface area (Å²) in [5.41, 5.74) is -0.543. The summed E-state index contributed by atoms with van der Waals surface area (Å²) in [6, 6.07) is 0.141. The molecule has 2 unspecified atom stereocenters. The average molecular weight is 268 g/mol. The number of nitrogens with zero attached hydrogens (tertiary/aromatic N) is 2. The van der Waals surface area contributed by atoms with Gasteiger partial charge in [0.25, 0.3) is 0 Å². The fraction of sp³-hybridized carbons (Fsp3) is 0.636. The van der Waals surface area contributed by atoms with E-state index >= 15 is 0 Å². The number of rotatable bonds is 5. The first kappa shape index (κ1) is 13.3. The monoisotopic (exact) mass is 268 g/mol. The minimum absolute atomic E-state index is 0.141. The highest BCUT2D eigenvalue weighted by molar-refractivity contribution is 5.98. The van der Waals surface area contributed by atoms with Crippen molar-refractivity contribution in [3.05, 3.63) is 0 Å². The van der Waals surface area contributed by atoms with Gasteiger partial charge in [-0.15, -0.1) is 5.10 Å². The number of hydrogen-bond donors (Lipinski definition) is 3. The zero-order valence-electron chi connectivity index (χ0n) is 10.9. The van der Waals surface area contributed by atoms with Gasteiger partial charge in [0.1, 0.15) is 0 Å². The number of nitrogens with one attached hydrogen (secondary N) is 2. The molecule has 0 saturated heterocycles. The van der Waals surface area contributed by atoms with Crippen LogP contribution in [0.3, 0.4) is 0 Å². The molecular weight excluding hydrogens is 252 g/mol. The van der Waals surface area contributed by atoms with Gasteiger partial charge in [0.15, 0.2) is 0 Å². The first-order valence-corrected chi connectivity index (χ1v) is 5.96. The van der Waals surface area contributed by atoms with Gasteiger partial charge in [-0.1, -0.05) is 13.8 Å². The number of carboxylic acids is 1. The van der Waals surface area contributed by atoms with Crippen LogP contribution in [-0.4, -0.2) is 38.8 Å². The predicted octanol–water partition coefficient (Wildman–Crippen LogP) is 0.499. The van der Waals surface area contributed by atoms with Gasteiger partial charge >= 0.3 is 12.0 Å². The number of ether oxygens (including phenoxy) is 1. The standard InChI is InChI=1S/C11H16N4O4/c1-4-19-10-13-9(14-15-10)12-7(16)5-6(8(17)18)11(5,2)3/h5-6H,4H2,1-3H3,(H,17,18)(H2,12,13,14,15,16). The van der Waals surface area contributed by atoms with Crippen molar-refractivity contribution in [2.45, 2.75) is 20.8 Å². The maximum absolute atomic E-state index is 12.0. The molecule has 8 heteroatoms. The topological polar surface area (TPSA) is 117 Å². The lowest BCUT2D eigenvalue weighted by atomic mass is 10.1. The van der Waals surface area contributed by atoms with Crippen LogP contribution < -0.4 is 10.1 Å². The van der Waals surface area contributed by atoms with Crippen molar-refractivity contribution in [1.82, 2.24) is 15.2 Å². The van der Waals surface area contributed by atoms with Crippen LogP contribution >= 0.6 is 0 Å². The zero-order valence-corrected chi connectivity index (χ0v) is 10.9. The first-order chi connectivity index (χ1) is 8.87. The summed E-state index contributed by atoms with van der Waals surface area (Å²) in [6.45, 7) is 5.71. The molecule has 1 fully saturated rings. The first-order valence-electron chi connectivity index (χ1n) is 5.96. The number of hydrogen-bond acceptors (Lipinski definition) is 5. The zero-order chi connectivity index (χ0) is 14.2. The molecule has 104 valence electrons. The maximum atomic E-state index is 12.0. The van der Waals surface area contributed by atoms with Crippen molar-refractivity contribution in [2.75, 3.05) is 11.9 Å². The third kappa shape index (κ3) is 2.38. The second-order valence-electron chi connectivity index (χ2n) is 5.00. The second-order valence-corrected chi connectivity index (χ2v) is 5.00. The van der Waals surface area contributed by atoms with Gasteiger partial charge in [0, 0.05) is 0 Å². The quantitative estimate of drug-likeness (QED) is 0.715. The molecule has 1 aliphatic rings. The second kappa shape index (κ2) is 4.52. The molecule has 0 aliphatic heterocycles. The number of aromatic amines is 1. The van der Waals surface area contributed by atoms with E-state index in [9.17, 15) is 9.59 Å². The lowest BCUT2D eigenvalue weighted by Crippen LogP contribution is -2.18. The van der Waals surface area contributed by atoms with Crippen molar-refractivity contribution in [3.63, 3.8) is 0 Å². The Morgan fingerprint density at radius 2 is 2.16 bits per heavy atom. The molecule has 1 heterocycles. The third-order valence-electron chi connectivity index (χ3n) is 3.36. The van der Waals surface area contributed by atoms with Crippen molar-refractivity contribution < 1.29 is 19.4 Å². The van der Waals surface area contributed by atoms with Crippen molar-refractivity contribution in [3.8, 4) is 6.01 Å².